The Morgan fingerprint density at radius 2 is 2.00 bits per heavy atom. The number of piperidine rings is 1. The lowest BCUT2D eigenvalue weighted by Crippen LogP contribution is -2.53. The van der Waals surface area contributed by atoms with Gasteiger partial charge in [0, 0.05) is 19.1 Å². The lowest BCUT2D eigenvalue weighted by molar-refractivity contribution is -0.132. The number of hydrogen-bond donors (Lipinski definition) is 1. The molecule has 0 saturated carbocycles. The summed E-state index contributed by atoms with van der Waals surface area (Å²) in [6.45, 7) is 5.36. The van der Waals surface area contributed by atoms with E-state index in [9.17, 15) is 9.59 Å². The van der Waals surface area contributed by atoms with Crippen molar-refractivity contribution in [2.24, 2.45) is 5.73 Å². The summed E-state index contributed by atoms with van der Waals surface area (Å²) in [7, 11) is 0. The fraction of sp³-hybridized carbons (Fsp3) is 0.579. The molecule has 0 spiro atoms. The highest BCUT2D eigenvalue weighted by Crippen LogP contribution is 2.20. The van der Waals surface area contributed by atoms with Gasteiger partial charge in [0.2, 0.25) is 5.91 Å². The Labute approximate surface area is 149 Å². The Morgan fingerprint density at radius 1 is 1.28 bits per heavy atom. The fourth-order valence-corrected chi connectivity index (χ4v) is 3.18. The molecule has 0 radical (unpaired) electrons. The predicted octanol–water partition coefficient (Wildman–Crippen LogP) is 2.37. The van der Waals surface area contributed by atoms with Crippen LogP contribution in [0.1, 0.15) is 38.7 Å². The fourth-order valence-electron chi connectivity index (χ4n) is 3.18. The molecule has 0 aliphatic carbocycles. The van der Waals surface area contributed by atoms with Gasteiger partial charge in [0.05, 0.1) is 12.6 Å². The molecule has 1 atom stereocenters. The van der Waals surface area contributed by atoms with E-state index in [0.29, 0.717) is 13.1 Å². The molecule has 6 heteroatoms. The maximum absolute atomic E-state index is 12.5. The van der Waals surface area contributed by atoms with Gasteiger partial charge in [0.15, 0.2) is 0 Å². The molecule has 1 aliphatic heterocycles. The van der Waals surface area contributed by atoms with E-state index in [1.807, 2.05) is 44.2 Å². The van der Waals surface area contributed by atoms with Crippen LogP contribution in [0.3, 0.4) is 0 Å². The van der Waals surface area contributed by atoms with E-state index in [1.54, 1.807) is 9.80 Å². The van der Waals surface area contributed by atoms with Gasteiger partial charge < -0.3 is 20.3 Å². The molecule has 0 bridgehead atoms. The van der Waals surface area contributed by atoms with Crippen molar-refractivity contribution in [3.63, 3.8) is 0 Å². The van der Waals surface area contributed by atoms with E-state index in [4.69, 9.17) is 10.5 Å². The molecule has 138 valence electrons. The number of benzene rings is 1. The molecule has 25 heavy (non-hydrogen) atoms. The second-order valence-electron chi connectivity index (χ2n) is 6.73. The zero-order chi connectivity index (χ0) is 18.2. The van der Waals surface area contributed by atoms with Crippen LogP contribution in [0.15, 0.2) is 30.3 Å². The minimum Gasteiger partial charge on any atom is -0.445 e. The minimum absolute atomic E-state index is 0.0106. The number of nitrogens with two attached hydrogens (primary N) is 1. The summed E-state index contributed by atoms with van der Waals surface area (Å²) in [4.78, 5) is 28.2. The third-order valence-corrected chi connectivity index (χ3v) is 4.59. The van der Waals surface area contributed by atoms with Crippen molar-refractivity contribution >= 4 is 12.0 Å². The van der Waals surface area contributed by atoms with E-state index in [-0.39, 0.29) is 37.2 Å². The number of amides is 2. The van der Waals surface area contributed by atoms with Crippen molar-refractivity contribution in [3.8, 4) is 0 Å². The van der Waals surface area contributed by atoms with Crippen LogP contribution < -0.4 is 5.73 Å². The van der Waals surface area contributed by atoms with Gasteiger partial charge in [-0.3, -0.25) is 4.79 Å². The first-order chi connectivity index (χ1) is 12.0. The maximum atomic E-state index is 12.5. The van der Waals surface area contributed by atoms with E-state index in [1.165, 1.54) is 0 Å². The summed E-state index contributed by atoms with van der Waals surface area (Å²) in [6, 6.07) is 9.68. The number of ether oxygens (including phenoxy) is 1. The summed E-state index contributed by atoms with van der Waals surface area (Å²) in [5.74, 6) is -0.0850. The van der Waals surface area contributed by atoms with Crippen molar-refractivity contribution in [1.82, 2.24) is 9.80 Å². The Balaban J connectivity index is 1.98. The van der Waals surface area contributed by atoms with Gasteiger partial charge in [-0.15, -0.1) is 0 Å². The third-order valence-electron chi connectivity index (χ3n) is 4.59. The summed E-state index contributed by atoms with van der Waals surface area (Å²) in [5, 5.41) is 0. The number of carbonyl (C=O) groups is 2. The first-order valence-electron chi connectivity index (χ1n) is 8.99. The van der Waals surface area contributed by atoms with Crippen LogP contribution in [0, 0.1) is 0 Å². The van der Waals surface area contributed by atoms with Crippen molar-refractivity contribution in [2.75, 3.05) is 19.6 Å². The summed E-state index contributed by atoms with van der Waals surface area (Å²) < 4.78 is 5.49. The van der Waals surface area contributed by atoms with Crippen LogP contribution in [-0.4, -0.2) is 53.5 Å². The molecular formula is C19H29N3O3. The van der Waals surface area contributed by atoms with Crippen molar-refractivity contribution < 1.29 is 14.3 Å². The zero-order valence-corrected chi connectivity index (χ0v) is 15.2. The second kappa shape index (κ2) is 9.42. The van der Waals surface area contributed by atoms with Crippen molar-refractivity contribution in [3.05, 3.63) is 35.9 Å². The molecule has 1 fully saturated rings. The molecule has 2 N–H and O–H groups in total. The average Bonchev–Trinajstić information content (AvgIpc) is 2.64. The van der Waals surface area contributed by atoms with E-state index < -0.39 is 0 Å². The average molecular weight is 347 g/mol. The van der Waals surface area contributed by atoms with Crippen LogP contribution in [0.4, 0.5) is 4.79 Å². The Morgan fingerprint density at radius 3 is 2.64 bits per heavy atom. The number of nitrogens with zero attached hydrogens (tertiary/aromatic N) is 2. The Bertz CT molecular complexity index is 562. The first kappa shape index (κ1) is 19.2. The molecule has 1 aromatic rings. The molecule has 1 heterocycles. The summed E-state index contributed by atoms with van der Waals surface area (Å²) in [6.07, 6.45) is 2.58. The Hall–Kier alpha value is -2.08. The standard InChI is InChI=1S/C19H29N3O3/c1-15(2)22(18(23)12-20)13-17-10-6-7-11-21(17)19(24)25-14-16-8-4-3-5-9-16/h3-5,8-9,15,17H,6-7,10-14,20H2,1-2H3/t17-/m1/s1. The molecule has 2 rings (SSSR count). The SMILES string of the molecule is CC(C)N(C[C@H]1CCCCN1C(=O)OCc1ccccc1)C(=O)CN. The van der Waals surface area contributed by atoms with E-state index in [2.05, 4.69) is 0 Å². The van der Waals surface area contributed by atoms with Crippen LogP contribution >= 0.6 is 0 Å². The first-order valence-corrected chi connectivity index (χ1v) is 8.99. The van der Waals surface area contributed by atoms with Gasteiger partial charge in [-0.2, -0.15) is 0 Å². The predicted molar refractivity (Wildman–Crippen MR) is 96.9 cm³/mol. The van der Waals surface area contributed by atoms with Crippen LogP contribution in [0.5, 0.6) is 0 Å². The largest absolute Gasteiger partial charge is 0.445 e. The second-order valence-corrected chi connectivity index (χ2v) is 6.73. The van der Waals surface area contributed by atoms with Crippen LogP contribution in [0.25, 0.3) is 0 Å². The van der Waals surface area contributed by atoms with Gasteiger partial charge in [-0.25, -0.2) is 4.79 Å². The van der Waals surface area contributed by atoms with Gasteiger partial charge in [-0.05, 0) is 38.7 Å². The monoisotopic (exact) mass is 347 g/mol. The number of likely N-dealkylation sites (tertiary alicyclic amines) is 1. The van der Waals surface area contributed by atoms with Gasteiger partial charge >= 0.3 is 6.09 Å². The van der Waals surface area contributed by atoms with Crippen molar-refractivity contribution in [1.29, 1.82) is 0 Å². The molecule has 2 amide bonds. The lowest BCUT2D eigenvalue weighted by Gasteiger charge is -2.39. The van der Waals surface area contributed by atoms with Gasteiger partial charge in [0.25, 0.3) is 0 Å². The summed E-state index contributed by atoms with van der Waals surface area (Å²) >= 11 is 0. The number of carbonyl (C=O) groups excluding carboxylic acids is 2. The Kier molecular flexibility index (Phi) is 7.25. The topological polar surface area (TPSA) is 75.9 Å². The van der Waals surface area contributed by atoms with E-state index >= 15 is 0 Å². The molecule has 0 unspecified atom stereocenters. The third kappa shape index (κ3) is 5.46. The lowest BCUT2D eigenvalue weighted by atomic mass is 10.0. The zero-order valence-electron chi connectivity index (χ0n) is 15.2. The highest BCUT2D eigenvalue weighted by Gasteiger charge is 2.31. The molecule has 1 saturated heterocycles. The number of hydrogen-bond acceptors (Lipinski definition) is 4. The van der Waals surface area contributed by atoms with E-state index in [0.717, 1.165) is 24.8 Å². The maximum Gasteiger partial charge on any atom is 0.410 e. The van der Waals surface area contributed by atoms with Crippen molar-refractivity contribution in [2.45, 2.75) is 51.8 Å². The normalized spacial score (nSPS) is 17.4. The van der Waals surface area contributed by atoms with Gasteiger partial charge in [-0.1, -0.05) is 30.3 Å². The molecule has 1 aliphatic rings. The number of rotatable bonds is 6. The molecule has 6 nitrogen and oxygen atoms in total. The van der Waals surface area contributed by atoms with Gasteiger partial charge in [0.1, 0.15) is 6.61 Å². The quantitative estimate of drug-likeness (QED) is 0.857. The minimum atomic E-state index is -0.308. The molecule has 1 aromatic carbocycles. The highest BCUT2D eigenvalue weighted by atomic mass is 16.6. The summed E-state index contributed by atoms with van der Waals surface area (Å²) in [5.41, 5.74) is 6.49. The molecular weight excluding hydrogens is 318 g/mol. The van der Waals surface area contributed by atoms with Crippen LogP contribution in [-0.2, 0) is 16.1 Å². The smallest absolute Gasteiger partial charge is 0.410 e. The molecule has 0 aromatic heterocycles. The van der Waals surface area contributed by atoms with Crippen LogP contribution in [0.2, 0.25) is 0 Å². The highest BCUT2D eigenvalue weighted by molar-refractivity contribution is 5.78.